The Morgan fingerprint density at radius 3 is 2.48 bits per heavy atom. The molecular weight excluding hydrogens is 412 g/mol. The van der Waals surface area contributed by atoms with Crippen molar-refractivity contribution in [3.63, 3.8) is 0 Å². The smallest absolute Gasteiger partial charge is 0.337 e. The van der Waals surface area contributed by atoms with E-state index in [2.05, 4.69) is 15.4 Å². The van der Waals surface area contributed by atoms with Crippen molar-refractivity contribution < 1.29 is 24.2 Å². The molecule has 0 aliphatic rings. The molecule has 3 rings (SSSR count). The van der Waals surface area contributed by atoms with Crippen LogP contribution in [0, 0.1) is 0 Å². The molecule has 7 nitrogen and oxygen atoms in total. The van der Waals surface area contributed by atoms with Gasteiger partial charge in [0.15, 0.2) is 0 Å². The average Bonchev–Trinajstić information content (AvgIpc) is 3.43. The lowest BCUT2D eigenvalue weighted by Gasteiger charge is -2.07. The normalized spacial score (nSPS) is 11.5. The van der Waals surface area contributed by atoms with Crippen LogP contribution in [0.25, 0.3) is 0 Å². The number of nitrogens with one attached hydrogen (secondary N) is 2. The molecule has 3 aromatic rings. The summed E-state index contributed by atoms with van der Waals surface area (Å²) in [4.78, 5) is 37.0. The molecule has 2 amide bonds. The summed E-state index contributed by atoms with van der Waals surface area (Å²) in [6.07, 6.45) is -0.702. The second-order valence-corrected chi connectivity index (χ2v) is 7.95. The summed E-state index contributed by atoms with van der Waals surface area (Å²) >= 11 is 2.88. The van der Waals surface area contributed by atoms with Crippen molar-refractivity contribution in [2.24, 2.45) is 0 Å². The molecule has 0 spiro atoms. The fourth-order valence-electron chi connectivity index (χ4n) is 2.47. The van der Waals surface area contributed by atoms with Crippen LogP contribution in [0.2, 0.25) is 0 Å². The van der Waals surface area contributed by atoms with Crippen LogP contribution in [-0.4, -0.2) is 30.0 Å². The first-order valence-electron chi connectivity index (χ1n) is 8.54. The highest BCUT2D eigenvalue weighted by Crippen LogP contribution is 2.29. The van der Waals surface area contributed by atoms with Crippen LogP contribution in [0.4, 0.5) is 5.69 Å². The monoisotopic (exact) mass is 430 g/mol. The van der Waals surface area contributed by atoms with Gasteiger partial charge in [-0.25, -0.2) is 4.79 Å². The number of anilines is 1. The van der Waals surface area contributed by atoms with Gasteiger partial charge >= 0.3 is 17.8 Å². The number of hydrogen-bond donors (Lipinski definition) is 3. The van der Waals surface area contributed by atoms with Crippen molar-refractivity contribution in [1.82, 2.24) is 5.32 Å². The predicted molar refractivity (Wildman–Crippen MR) is 111 cm³/mol. The average molecular weight is 431 g/mol. The van der Waals surface area contributed by atoms with Crippen molar-refractivity contribution >= 4 is 46.1 Å². The first-order chi connectivity index (χ1) is 14.0. The Morgan fingerprint density at radius 2 is 1.83 bits per heavy atom. The Hall–Kier alpha value is -3.01. The van der Waals surface area contributed by atoms with E-state index >= 15 is 0 Å². The second-order valence-electron chi connectivity index (χ2n) is 5.97. The number of ether oxygens (including phenoxy) is 1. The molecule has 2 aromatic heterocycles. The van der Waals surface area contributed by atoms with Gasteiger partial charge in [0.2, 0.25) is 0 Å². The highest BCUT2D eigenvalue weighted by atomic mass is 32.1. The molecule has 29 heavy (non-hydrogen) atoms. The molecule has 0 saturated heterocycles. The number of hydrogen-bond acceptors (Lipinski definition) is 7. The number of benzene rings is 1. The zero-order chi connectivity index (χ0) is 20.8. The first kappa shape index (κ1) is 20.7. The summed E-state index contributed by atoms with van der Waals surface area (Å²) in [7, 11) is 1.28. The van der Waals surface area contributed by atoms with Crippen molar-refractivity contribution in [2.45, 2.75) is 12.6 Å². The Labute approximate surface area is 175 Å². The van der Waals surface area contributed by atoms with Crippen molar-refractivity contribution in [1.29, 1.82) is 0 Å². The van der Waals surface area contributed by atoms with Gasteiger partial charge in [-0.2, -0.15) is 11.3 Å². The molecule has 0 aliphatic carbocycles. The van der Waals surface area contributed by atoms with E-state index in [1.165, 1.54) is 54.0 Å². The van der Waals surface area contributed by atoms with Crippen LogP contribution >= 0.6 is 22.7 Å². The minimum Gasteiger partial charge on any atom is -0.465 e. The Balaban J connectivity index is 1.51. The molecule has 0 saturated carbocycles. The quantitative estimate of drug-likeness (QED) is 0.412. The number of carbonyl (C=O) groups excluding carboxylic acids is 3. The maximum Gasteiger partial charge on any atom is 0.337 e. The van der Waals surface area contributed by atoms with Crippen LogP contribution in [0.3, 0.4) is 0 Å². The van der Waals surface area contributed by atoms with Gasteiger partial charge in [-0.05, 0) is 58.8 Å². The minimum absolute atomic E-state index is 0.175. The zero-order valence-electron chi connectivity index (χ0n) is 15.4. The number of aliphatic hydroxyl groups excluding tert-OH is 1. The van der Waals surface area contributed by atoms with E-state index in [4.69, 9.17) is 0 Å². The van der Waals surface area contributed by atoms with Crippen molar-refractivity contribution in [3.8, 4) is 0 Å². The van der Waals surface area contributed by atoms with E-state index in [0.29, 0.717) is 11.3 Å². The summed E-state index contributed by atoms with van der Waals surface area (Å²) < 4.78 is 4.60. The van der Waals surface area contributed by atoms with Gasteiger partial charge in [0.25, 0.3) is 0 Å². The third-order valence-electron chi connectivity index (χ3n) is 4.00. The van der Waals surface area contributed by atoms with Gasteiger partial charge in [0.1, 0.15) is 6.10 Å². The van der Waals surface area contributed by atoms with Crippen molar-refractivity contribution in [2.75, 3.05) is 12.4 Å². The summed E-state index contributed by atoms with van der Waals surface area (Å²) in [5.74, 6) is -2.08. The zero-order valence-corrected chi connectivity index (χ0v) is 17.0. The summed E-state index contributed by atoms with van der Waals surface area (Å²) in [6.45, 7) is 0.175. The molecule has 3 N–H and O–H groups in total. The molecule has 0 aliphatic heterocycles. The molecular formula is C20H18N2O5S2. The van der Waals surface area contributed by atoms with Gasteiger partial charge < -0.3 is 20.5 Å². The molecule has 0 radical (unpaired) electrons. The Morgan fingerprint density at radius 1 is 1.07 bits per heavy atom. The topological polar surface area (TPSA) is 105 Å². The number of aliphatic hydroxyl groups is 1. The molecule has 1 unspecified atom stereocenters. The third-order valence-corrected chi connectivity index (χ3v) is 5.84. The largest absolute Gasteiger partial charge is 0.465 e. The van der Waals surface area contributed by atoms with Crippen LogP contribution < -0.4 is 10.6 Å². The molecule has 1 atom stereocenters. The minimum atomic E-state index is -0.814. The maximum absolute atomic E-state index is 12.0. The molecule has 0 fully saturated rings. The van der Waals surface area contributed by atoms with E-state index in [1.807, 2.05) is 16.8 Å². The Kier molecular flexibility index (Phi) is 6.76. The van der Waals surface area contributed by atoms with Crippen LogP contribution in [0.15, 0.2) is 53.2 Å². The van der Waals surface area contributed by atoms with E-state index in [1.54, 1.807) is 12.1 Å². The van der Waals surface area contributed by atoms with Gasteiger partial charge in [-0.3, -0.25) is 9.59 Å². The number of amides is 2. The fraction of sp³-hybridized carbons (Fsp3) is 0.150. The van der Waals surface area contributed by atoms with E-state index in [-0.39, 0.29) is 6.54 Å². The summed E-state index contributed by atoms with van der Waals surface area (Å²) in [5.41, 5.74) is 1.55. The third kappa shape index (κ3) is 5.29. The standard InChI is InChI=1S/C20H18N2O5S2/c1-27-20(26)12-2-4-14(5-3-12)22-19(25)18(24)21-10-15-6-7-16(29-15)17(23)13-8-9-28-11-13/h2-9,11,17,23H,10H2,1H3,(H,21,24)(H,22,25). The van der Waals surface area contributed by atoms with Gasteiger partial charge in [0.05, 0.1) is 19.2 Å². The summed E-state index contributed by atoms with van der Waals surface area (Å²) in [6, 6.07) is 11.5. The lowest BCUT2D eigenvalue weighted by atomic mass is 10.2. The first-order valence-corrected chi connectivity index (χ1v) is 10.3. The number of carbonyl (C=O) groups is 3. The molecule has 1 aromatic carbocycles. The van der Waals surface area contributed by atoms with Crippen LogP contribution in [-0.2, 0) is 20.9 Å². The van der Waals surface area contributed by atoms with Crippen LogP contribution in [0.1, 0.15) is 31.8 Å². The Bertz CT molecular complexity index is 996. The lowest BCUT2D eigenvalue weighted by Crippen LogP contribution is -2.34. The molecule has 150 valence electrons. The molecule has 2 heterocycles. The van der Waals surface area contributed by atoms with E-state index in [9.17, 15) is 19.5 Å². The second kappa shape index (κ2) is 9.46. The van der Waals surface area contributed by atoms with Gasteiger partial charge in [-0.15, -0.1) is 11.3 Å². The number of esters is 1. The lowest BCUT2D eigenvalue weighted by molar-refractivity contribution is -0.136. The molecule has 9 heteroatoms. The number of rotatable bonds is 6. The van der Waals surface area contributed by atoms with Gasteiger partial charge in [-0.1, -0.05) is 0 Å². The highest BCUT2D eigenvalue weighted by molar-refractivity contribution is 7.12. The number of thiophene rings is 2. The van der Waals surface area contributed by atoms with Crippen molar-refractivity contribution in [3.05, 3.63) is 74.1 Å². The van der Waals surface area contributed by atoms with E-state index in [0.717, 1.165) is 15.3 Å². The predicted octanol–water partition coefficient (Wildman–Crippen LogP) is 2.93. The van der Waals surface area contributed by atoms with Crippen LogP contribution in [0.5, 0.6) is 0 Å². The van der Waals surface area contributed by atoms with Gasteiger partial charge in [0, 0.05) is 15.4 Å². The highest BCUT2D eigenvalue weighted by Gasteiger charge is 2.16. The van der Waals surface area contributed by atoms with E-state index < -0.39 is 23.9 Å². The number of methoxy groups -OCH3 is 1. The fourth-order valence-corrected chi connectivity index (χ4v) is 4.12. The molecule has 0 bridgehead atoms. The maximum atomic E-state index is 12.0. The summed E-state index contributed by atoms with van der Waals surface area (Å²) in [5, 5.41) is 19.1. The SMILES string of the molecule is COC(=O)c1ccc(NC(=O)C(=O)NCc2ccc(C(O)c3ccsc3)s2)cc1.